The van der Waals surface area contributed by atoms with Gasteiger partial charge in [0.2, 0.25) is 0 Å². The summed E-state index contributed by atoms with van der Waals surface area (Å²) in [7, 11) is 0. The van der Waals surface area contributed by atoms with Gasteiger partial charge in [-0.3, -0.25) is 0 Å². The molecule has 0 bridgehead atoms. The first-order valence-electron chi connectivity index (χ1n) is 18.4. The standard InChI is InChI=1S/C26H24OS2.C25H22OS2/c1-6-8-21(20(3)10-12-23-15-14-22(28-23)9-7-2)11-13-24-16-17-25(29-24)18-19-26(4,5)27;1-6-8-20(19(3)9-11-22-14-13-21(7-2)27-22)10-12-23-15-16-24(28-23)17-18-25(4,5)26/h14-17,27H,6,8H2,1-5H3;2,13-16,26H,6,8H2,1,3-5H3/b21-20+;20-19+. The van der Waals surface area contributed by atoms with Crippen LogP contribution >= 0.6 is 45.3 Å². The van der Waals surface area contributed by atoms with Gasteiger partial charge in [-0.1, -0.05) is 110 Å². The Morgan fingerprint density at radius 2 is 0.807 bits per heavy atom. The van der Waals surface area contributed by atoms with Crippen LogP contribution in [0.1, 0.15) is 127 Å². The molecule has 0 radical (unpaired) electrons. The Morgan fingerprint density at radius 1 is 0.509 bits per heavy atom. The van der Waals surface area contributed by atoms with Gasteiger partial charge in [-0.25, -0.2) is 0 Å². The average Bonchev–Trinajstić information content (AvgIpc) is 4.00. The molecule has 0 spiro atoms. The van der Waals surface area contributed by atoms with E-state index in [1.54, 1.807) is 39.0 Å². The molecule has 0 aliphatic heterocycles. The number of hydrogen-bond donors (Lipinski definition) is 2. The number of rotatable bonds is 4. The predicted molar refractivity (Wildman–Crippen MR) is 247 cm³/mol. The summed E-state index contributed by atoms with van der Waals surface area (Å²) in [5, 5.41) is 19.4. The van der Waals surface area contributed by atoms with Crippen molar-refractivity contribution in [1.82, 2.24) is 0 Å². The number of terminal acetylenes is 1. The van der Waals surface area contributed by atoms with Gasteiger partial charge in [-0.05, 0) is 110 Å². The molecule has 286 valence electrons. The Hall–Kier alpha value is -5.32. The molecule has 4 aromatic heterocycles. The van der Waals surface area contributed by atoms with Crippen molar-refractivity contribution in [2.45, 2.75) is 99.2 Å². The molecule has 0 amide bonds. The van der Waals surface area contributed by atoms with Gasteiger partial charge in [0.1, 0.15) is 11.2 Å². The van der Waals surface area contributed by atoms with Gasteiger partial charge in [0, 0.05) is 22.3 Å². The molecular formula is C51H46O2S4. The molecule has 57 heavy (non-hydrogen) atoms. The quantitative estimate of drug-likeness (QED) is 0.201. The van der Waals surface area contributed by atoms with E-state index >= 15 is 0 Å². The highest BCUT2D eigenvalue weighted by Gasteiger charge is 2.07. The van der Waals surface area contributed by atoms with Crippen LogP contribution in [-0.4, -0.2) is 21.4 Å². The summed E-state index contributed by atoms with van der Waals surface area (Å²) in [6.45, 7) is 16.8. The van der Waals surface area contributed by atoms with Crippen molar-refractivity contribution < 1.29 is 10.2 Å². The molecule has 6 heteroatoms. The Balaban J connectivity index is 0.000000306. The Labute approximate surface area is 357 Å². The van der Waals surface area contributed by atoms with Crippen molar-refractivity contribution >= 4 is 45.3 Å². The lowest BCUT2D eigenvalue weighted by molar-refractivity contribution is 0.143. The van der Waals surface area contributed by atoms with Gasteiger partial charge in [-0.15, -0.1) is 57.7 Å². The third-order valence-corrected chi connectivity index (χ3v) is 10.8. The second-order valence-electron chi connectivity index (χ2n) is 13.5. The summed E-state index contributed by atoms with van der Waals surface area (Å²) < 4.78 is 0. The number of hydrogen-bond acceptors (Lipinski definition) is 6. The zero-order valence-corrected chi connectivity index (χ0v) is 37.3. The first kappa shape index (κ1) is 46.1. The van der Waals surface area contributed by atoms with E-state index in [-0.39, 0.29) is 0 Å². The van der Waals surface area contributed by atoms with E-state index < -0.39 is 11.2 Å². The topological polar surface area (TPSA) is 40.5 Å². The lowest BCUT2D eigenvalue weighted by Gasteiger charge is -2.05. The van der Waals surface area contributed by atoms with Crippen LogP contribution in [0, 0.1) is 95.2 Å². The molecule has 2 N–H and O–H groups in total. The van der Waals surface area contributed by atoms with E-state index in [0.29, 0.717) is 0 Å². The SMILES string of the molecule is C#Cc1ccc(C#C/C(C)=C(/C#Cc2ccc(C#CC(C)(C)O)s2)CCC)s1.CC#Cc1ccc(C#C/C(C)=C(/C#Cc2ccc(C#CC(C)(C)O)s2)CCC)s1. The summed E-state index contributed by atoms with van der Waals surface area (Å²) in [4.78, 5) is 7.60. The minimum absolute atomic E-state index is 0.890. The largest absolute Gasteiger partial charge is 0.378 e. The van der Waals surface area contributed by atoms with Crippen molar-refractivity contribution in [1.29, 1.82) is 0 Å². The van der Waals surface area contributed by atoms with Gasteiger partial charge in [0.25, 0.3) is 0 Å². The van der Waals surface area contributed by atoms with Crippen molar-refractivity contribution in [3.05, 3.63) is 110 Å². The van der Waals surface area contributed by atoms with Gasteiger partial charge in [0.15, 0.2) is 0 Å². The van der Waals surface area contributed by atoms with Crippen LogP contribution in [0.2, 0.25) is 0 Å². The summed E-state index contributed by atoms with van der Waals surface area (Å²) in [5.41, 5.74) is 2.14. The second-order valence-corrected chi connectivity index (χ2v) is 17.8. The normalized spacial score (nSPS) is 10.9. The molecule has 0 aromatic carbocycles. The van der Waals surface area contributed by atoms with E-state index in [9.17, 15) is 10.2 Å². The third kappa shape index (κ3) is 18.0. The highest BCUT2D eigenvalue weighted by atomic mass is 32.1. The van der Waals surface area contributed by atoms with Crippen LogP contribution in [0.25, 0.3) is 0 Å². The predicted octanol–water partition coefficient (Wildman–Crippen LogP) is 11.3. The zero-order valence-electron chi connectivity index (χ0n) is 34.1. The maximum Gasteiger partial charge on any atom is 0.120 e. The molecule has 4 rings (SSSR count). The molecule has 4 heterocycles. The second kappa shape index (κ2) is 23.0. The van der Waals surface area contributed by atoms with Crippen LogP contribution in [-0.2, 0) is 0 Å². The maximum absolute atomic E-state index is 9.72. The van der Waals surface area contributed by atoms with E-state index in [1.807, 2.05) is 69.3 Å². The van der Waals surface area contributed by atoms with Crippen molar-refractivity contribution in [3.63, 3.8) is 0 Å². The van der Waals surface area contributed by atoms with E-state index in [0.717, 1.165) is 87.0 Å². The molecular weight excluding hydrogens is 773 g/mol. The molecule has 0 unspecified atom stereocenters. The number of thiophene rings is 4. The highest BCUT2D eigenvalue weighted by Crippen LogP contribution is 2.19. The summed E-state index contributed by atoms with van der Waals surface area (Å²) in [5.74, 6) is 46.2. The van der Waals surface area contributed by atoms with Crippen LogP contribution in [0.15, 0.2) is 70.8 Å². The fourth-order valence-electron chi connectivity index (χ4n) is 4.37. The fourth-order valence-corrected chi connectivity index (χ4v) is 7.24. The van der Waals surface area contributed by atoms with Crippen molar-refractivity contribution in [2.75, 3.05) is 0 Å². The lowest BCUT2D eigenvalue weighted by Crippen LogP contribution is -2.14. The number of aliphatic hydroxyl groups is 2. The molecule has 0 atom stereocenters. The van der Waals surface area contributed by atoms with Crippen LogP contribution in [0.4, 0.5) is 0 Å². The maximum atomic E-state index is 9.72. The van der Waals surface area contributed by atoms with Crippen molar-refractivity contribution in [3.8, 4) is 95.2 Å². The minimum Gasteiger partial charge on any atom is -0.378 e. The van der Waals surface area contributed by atoms with E-state index in [4.69, 9.17) is 6.42 Å². The van der Waals surface area contributed by atoms with Gasteiger partial charge < -0.3 is 10.2 Å². The molecule has 0 aliphatic rings. The van der Waals surface area contributed by atoms with Gasteiger partial charge >= 0.3 is 0 Å². The smallest absolute Gasteiger partial charge is 0.120 e. The molecule has 0 fully saturated rings. The Kier molecular flexibility index (Phi) is 18.6. The minimum atomic E-state index is -0.994. The van der Waals surface area contributed by atoms with Crippen LogP contribution in [0.3, 0.4) is 0 Å². The third-order valence-electron chi connectivity index (χ3n) is 7.12. The lowest BCUT2D eigenvalue weighted by atomic mass is 10.1. The van der Waals surface area contributed by atoms with Crippen molar-refractivity contribution in [2.24, 2.45) is 0 Å². The Bertz CT molecular complexity index is 2590. The first-order valence-corrected chi connectivity index (χ1v) is 21.6. The van der Waals surface area contributed by atoms with E-state index in [1.165, 1.54) is 34.0 Å². The Morgan fingerprint density at radius 3 is 1.11 bits per heavy atom. The molecule has 0 saturated carbocycles. The van der Waals surface area contributed by atoms with Crippen LogP contribution in [0.5, 0.6) is 0 Å². The van der Waals surface area contributed by atoms with Gasteiger partial charge in [0.05, 0.1) is 39.0 Å². The summed E-state index contributed by atoms with van der Waals surface area (Å²) >= 11 is 6.19. The summed E-state index contributed by atoms with van der Waals surface area (Å²) in [6.07, 6.45) is 9.23. The van der Waals surface area contributed by atoms with E-state index in [2.05, 4.69) is 103 Å². The molecule has 2 nitrogen and oxygen atoms in total. The number of allylic oxidation sites excluding steroid dienone is 4. The first-order chi connectivity index (χ1) is 27.1. The van der Waals surface area contributed by atoms with Crippen LogP contribution < -0.4 is 0 Å². The molecule has 0 saturated heterocycles. The van der Waals surface area contributed by atoms with Gasteiger partial charge in [-0.2, -0.15) is 0 Å². The fraction of sp³-hybridized carbons (Fsp3) is 0.294. The monoisotopic (exact) mass is 818 g/mol. The average molecular weight is 819 g/mol. The zero-order chi connectivity index (χ0) is 41.8. The highest BCUT2D eigenvalue weighted by molar-refractivity contribution is 7.14. The molecule has 4 aromatic rings. The summed E-state index contributed by atoms with van der Waals surface area (Å²) in [6, 6.07) is 15.7. The molecule has 0 aliphatic carbocycles.